The number of methoxy groups -OCH3 is 1. The molecule has 24 heavy (non-hydrogen) atoms. The smallest absolute Gasteiger partial charge is 0.227 e. The van der Waals surface area contributed by atoms with E-state index in [2.05, 4.69) is 22.2 Å². The lowest BCUT2D eigenvalue weighted by Gasteiger charge is -2.45. The van der Waals surface area contributed by atoms with Gasteiger partial charge in [0.2, 0.25) is 5.91 Å². The van der Waals surface area contributed by atoms with E-state index in [9.17, 15) is 4.79 Å². The average molecular weight is 331 g/mol. The van der Waals surface area contributed by atoms with Crippen LogP contribution in [0.4, 0.5) is 0 Å². The van der Waals surface area contributed by atoms with Crippen molar-refractivity contribution in [1.82, 2.24) is 15.1 Å². The lowest BCUT2D eigenvalue weighted by molar-refractivity contribution is -0.132. The SMILES string of the molecule is COc1ccccc1CC(=O)N1CCCN(C)C2(CCNCC2)C1. The van der Waals surface area contributed by atoms with Crippen LogP contribution in [0.25, 0.3) is 0 Å². The summed E-state index contributed by atoms with van der Waals surface area (Å²) in [6.07, 6.45) is 3.69. The number of nitrogens with one attached hydrogen (secondary N) is 1. The molecular formula is C19H29N3O2. The first-order valence-electron chi connectivity index (χ1n) is 8.96. The molecule has 2 aliphatic heterocycles. The molecular weight excluding hydrogens is 302 g/mol. The molecule has 0 atom stereocenters. The van der Waals surface area contributed by atoms with Crippen LogP contribution in [0.5, 0.6) is 5.75 Å². The number of hydrogen-bond acceptors (Lipinski definition) is 4. The molecule has 1 N–H and O–H groups in total. The van der Waals surface area contributed by atoms with Crippen LogP contribution < -0.4 is 10.1 Å². The summed E-state index contributed by atoms with van der Waals surface area (Å²) in [6, 6.07) is 7.82. The number of carbonyl (C=O) groups excluding carboxylic acids is 1. The van der Waals surface area contributed by atoms with Gasteiger partial charge in [0.1, 0.15) is 5.75 Å². The molecule has 1 spiro atoms. The molecule has 2 aliphatic rings. The Morgan fingerprint density at radius 3 is 2.75 bits per heavy atom. The Hall–Kier alpha value is -1.59. The summed E-state index contributed by atoms with van der Waals surface area (Å²) < 4.78 is 5.40. The van der Waals surface area contributed by atoms with E-state index >= 15 is 0 Å². The molecule has 0 bridgehead atoms. The quantitative estimate of drug-likeness (QED) is 0.912. The van der Waals surface area contributed by atoms with E-state index in [4.69, 9.17) is 4.74 Å². The lowest BCUT2D eigenvalue weighted by Crippen LogP contribution is -2.58. The Kier molecular flexibility index (Phi) is 5.41. The molecule has 132 valence electrons. The van der Waals surface area contributed by atoms with Crippen LogP contribution in [0, 0.1) is 0 Å². The summed E-state index contributed by atoms with van der Waals surface area (Å²) in [5.74, 6) is 1.02. The number of rotatable bonds is 3. The number of nitrogens with zero attached hydrogens (tertiary/aromatic N) is 2. The van der Waals surface area contributed by atoms with Gasteiger partial charge in [0.15, 0.2) is 0 Å². The second-order valence-corrected chi connectivity index (χ2v) is 7.05. The number of benzene rings is 1. The molecule has 2 heterocycles. The van der Waals surface area contributed by atoms with Crippen LogP contribution in [0.3, 0.4) is 0 Å². The van der Waals surface area contributed by atoms with Crippen LogP contribution in [0.2, 0.25) is 0 Å². The maximum atomic E-state index is 13.0. The van der Waals surface area contributed by atoms with Crippen molar-refractivity contribution in [1.29, 1.82) is 0 Å². The number of ether oxygens (including phenoxy) is 1. The van der Waals surface area contributed by atoms with Crippen molar-refractivity contribution < 1.29 is 9.53 Å². The molecule has 3 rings (SSSR count). The van der Waals surface area contributed by atoms with Gasteiger partial charge in [-0.05, 0) is 45.5 Å². The van der Waals surface area contributed by atoms with E-state index in [-0.39, 0.29) is 11.4 Å². The van der Waals surface area contributed by atoms with Crippen molar-refractivity contribution in [2.24, 2.45) is 0 Å². The molecule has 1 aromatic rings. The predicted molar refractivity (Wildman–Crippen MR) is 95.4 cm³/mol. The van der Waals surface area contributed by atoms with E-state index < -0.39 is 0 Å². The summed E-state index contributed by atoms with van der Waals surface area (Å²) in [5.41, 5.74) is 1.11. The predicted octanol–water partition coefficient (Wildman–Crippen LogP) is 1.52. The maximum absolute atomic E-state index is 13.0. The van der Waals surface area contributed by atoms with Gasteiger partial charge in [0, 0.05) is 30.7 Å². The third kappa shape index (κ3) is 3.57. The summed E-state index contributed by atoms with van der Waals surface area (Å²) >= 11 is 0. The largest absolute Gasteiger partial charge is 0.496 e. The number of amides is 1. The molecule has 0 unspecified atom stereocenters. The fraction of sp³-hybridized carbons (Fsp3) is 0.632. The first-order valence-corrected chi connectivity index (χ1v) is 8.96. The van der Waals surface area contributed by atoms with Gasteiger partial charge in [0.05, 0.1) is 13.5 Å². The first kappa shape index (κ1) is 17.2. The van der Waals surface area contributed by atoms with Gasteiger partial charge in [-0.25, -0.2) is 0 Å². The Bertz CT molecular complexity index is 569. The standard InChI is InChI=1S/C19H29N3O2/c1-21-12-5-13-22(15-19(21)8-10-20-11-9-19)18(23)14-16-6-3-4-7-17(16)24-2/h3-4,6-7,20H,5,8-15H2,1-2H3. The highest BCUT2D eigenvalue weighted by Crippen LogP contribution is 2.29. The molecule has 0 aromatic heterocycles. The number of hydrogen-bond donors (Lipinski definition) is 1. The molecule has 1 amide bonds. The third-order valence-electron chi connectivity index (χ3n) is 5.64. The molecule has 5 heteroatoms. The number of likely N-dealkylation sites (N-methyl/N-ethyl adjacent to an activating group) is 1. The molecule has 1 aromatic carbocycles. The highest BCUT2D eigenvalue weighted by Gasteiger charge is 2.40. The first-order chi connectivity index (χ1) is 11.6. The minimum Gasteiger partial charge on any atom is -0.496 e. The van der Waals surface area contributed by atoms with Crippen LogP contribution in [-0.4, -0.2) is 68.1 Å². The second kappa shape index (κ2) is 7.53. The third-order valence-corrected chi connectivity index (χ3v) is 5.64. The van der Waals surface area contributed by atoms with Crippen molar-refractivity contribution in [3.8, 4) is 5.75 Å². The van der Waals surface area contributed by atoms with E-state index in [1.807, 2.05) is 24.3 Å². The van der Waals surface area contributed by atoms with Crippen molar-refractivity contribution in [3.63, 3.8) is 0 Å². The van der Waals surface area contributed by atoms with E-state index in [1.54, 1.807) is 7.11 Å². The molecule has 0 aliphatic carbocycles. The van der Waals surface area contributed by atoms with Gasteiger partial charge in [-0.3, -0.25) is 9.69 Å². The molecule has 2 saturated heterocycles. The van der Waals surface area contributed by atoms with Crippen molar-refractivity contribution in [3.05, 3.63) is 29.8 Å². The summed E-state index contributed by atoms with van der Waals surface area (Å²) in [5, 5.41) is 3.45. The van der Waals surface area contributed by atoms with Gasteiger partial charge in [-0.1, -0.05) is 18.2 Å². The minimum absolute atomic E-state index is 0.137. The fourth-order valence-corrected chi connectivity index (χ4v) is 4.06. The van der Waals surface area contributed by atoms with E-state index in [0.29, 0.717) is 6.42 Å². The Morgan fingerprint density at radius 1 is 1.25 bits per heavy atom. The van der Waals surface area contributed by atoms with E-state index in [0.717, 1.165) is 63.3 Å². The zero-order chi connectivity index (χ0) is 17.0. The number of carbonyl (C=O) groups is 1. The van der Waals surface area contributed by atoms with Gasteiger partial charge < -0.3 is 15.0 Å². The van der Waals surface area contributed by atoms with Crippen molar-refractivity contribution in [2.75, 3.05) is 46.9 Å². The van der Waals surface area contributed by atoms with Crippen LogP contribution in [-0.2, 0) is 11.2 Å². The zero-order valence-electron chi connectivity index (χ0n) is 14.9. The molecule has 0 radical (unpaired) electrons. The Morgan fingerprint density at radius 2 is 2.00 bits per heavy atom. The summed E-state index contributed by atoms with van der Waals surface area (Å²) in [7, 11) is 3.88. The van der Waals surface area contributed by atoms with Crippen LogP contribution in [0.15, 0.2) is 24.3 Å². The monoisotopic (exact) mass is 331 g/mol. The van der Waals surface area contributed by atoms with Crippen LogP contribution in [0.1, 0.15) is 24.8 Å². The maximum Gasteiger partial charge on any atom is 0.227 e. The van der Waals surface area contributed by atoms with E-state index in [1.165, 1.54) is 0 Å². The normalized spacial score (nSPS) is 21.5. The second-order valence-electron chi connectivity index (χ2n) is 7.05. The lowest BCUT2D eigenvalue weighted by atomic mass is 9.86. The van der Waals surface area contributed by atoms with Crippen molar-refractivity contribution in [2.45, 2.75) is 31.2 Å². The number of para-hydroxylation sites is 1. The zero-order valence-corrected chi connectivity index (χ0v) is 14.9. The Labute approximate surface area is 145 Å². The minimum atomic E-state index is 0.137. The highest BCUT2D eigenvalue weighted by atomic mass is 16.5. The van der Waals surface area contributed by atoms with Gasteiger partial charge in [-0.2, -0.15) is 0 Å². The molecule has 2 fully saturated rings. The van der Waals surface area contributed by atoms with Gasteiger partial charge >= 0.3 is 0 Å². The highest BCUT2D eigenvalue weighted by molar-refractivity contribution is 5.79. The topological polar surface area (TPSA) is 44.8 Å². The number of piperidine rings is 1. The van der Waals surface area contributed by atoms with Gasteiger partial charge in [0.25, 0.3) is 0 Å². The van der Waals surface area contributed by atoms with Crippen molar-refractivity contribution >= 4 is 5.91 Å². The summed E-state index contributed by atoms with van der Waals surface area (Å²) in [4.78, 5) is 17.5. The Balaban J connectivity index is 1.74. The molecule has 5 nitrogen and oxygen atoms in total. The summed E-state index contributed by atoms with van der Waals surface area (Å²) in [6.45, 7) is 4.85. The van der Waals surface area contributed by atoms with Gasteiger partial charge in [-0.15, -0.1) is 0 Å². The van der Waals surface area contributed by atoms with Crippen LogP contribution >= 0.6 is 0 Å². The molecule has 0 saturated carbocycles. The fourth-order valence-electron chi connectivity index (χ4n) is 4.06. The average Bonchev–Trinajstić information content (AvgIpc) is 2.76.